The Labute approximate surface area is 93.6 Å². The summed E-state index contributed by atoms with van der Waals surface area (Å²) in [6, 6.07) is 2.13. The first-order valence-electron chi connectivity index (χ1n) is 4.53. The van der Waals surface area contributed by atoms with Crippen LogP contribution in [0.2, 0.25) is 0 Å². The molecule has 0 radical (unpaired) electrons. The second-order valence-corrected chi connectivity index (χ2v) is 4.47. The quantitative estimate of drug-likeness (QED) is 0.653. The first-order chi connectivity index (χ1) is 6.49. The zero-order valence-corrected chi connectivity index (χ0v) is 10.6. The van der Waals surface area contributed by atoms with Gasteiger partial charge < -0.3 is 10.5 Å². The minimum absolute atomic E-state index is 0.170. The number of ether oxygens (including phenoxy) is 1. The molecule has 0 aromatic heterocycles. The van der Waals surface area contributed by atoms with Crippen molar-refractivity contribution in [3.05, 3.63) is 28.3 Å². The standard InChI is InChI=1S/C11H16BrNO/c1-6-5-7(2)9(11(12)13)10(14-4)8(6)3/h5,11H,13H2,1-4H3. The third-order valence-electron chi connectivity index (χ3n) is 2.51. The summed E-state index contributed by atoms with van der Waals surface area (Å²) in [7, 11) is 1.68. The molecule has 14 heavy (non-hydrogen) atoms. The summed E-state index contributed by atoms with van der Waals surface area (Å²) in [5, 5.41) is 0. The van der Waals surface area contributed by atoms with Crippen molar-refractivity contribution in [1.29, 1.82) is 0 Å². The largest absolute Gasteiger partial charge is 0.496 e. The summed E-state index contributed by atoms with van der Waals surface area (Å²) >= 11 is 3.38. The smallest absolute Gasteiger partial charge is 0.127 e. The molecule has 0 saturated carbocycles. The maximum absolute atomic E-state index is 5.85. The Balaban J connectivity index is 3.47. The van der Waals surface area contributed by atoms with Gasteiger partial charge in [0.05, 0.1) is 12.1 Å². The van der Waals surface area contributed by atoms with Crippen LogP contribution >= 0.6 is 15.9 Å². The second-order valence-electron chi connectivity index (χ2n) is 3.48. The number of halogens is 1. The molecule has 0 spiro atoms. The van der Waals surface area contributed by atoms with Crippen molar-refractivity contribution < 1.29 is 4.74 Å². The lowest BCUT2D eigenvalue weighted by Crippen LogP contribution is -2.08. The summed E-state index contributed by atoms with van der Waals surface area (Å²) in [4.78, 5) is -0.170. The maximum atomic E-state index is 5.85. The van der Waals surface area contributed by atoms with E-state index in [1.807, 2.05) is 13.8 Å². The van der Waals surface area contributed by atoms with Gasteiger partial charge in [-0.25, -0.2) is 0 Å². The van der Waals surface area contributed by atoms with Gasteiger partial charge in [-0.3, -0.25) is 0 Å². The predicted octanol–water partition coefficient (Wildman–Crippen LogP) is 2.97. The van der Waals surface area contributed by atoms with E-state index in [1.54, 1.807) is 7.11 Å². The van der Waals surface area contributed by atoms with E-state index in [2.05, 4.69) is 28.9 Å². The van der Waals surface area contributed by atoms with Crippen LogP contribution in [0.1, 0.15) is 27.2 Å². The molecule has 78 valence electrons. The molecule has 1 atom stereocenters. The van der Waals surface area contributed by atoms with Crippen LogP contribution in [-0.2, 0) is 0 Å². The topological polar surface area (TPSA) is 35.2 Å². The summed E-state index contributed by atoms with van der Waals surface area (Å²) in [6.07, 6.45) is 0. The molecule has 0 fully saturated rings. The van der Waals surface area contributed by atoms with Gasteiger partial charge in [0.1, 0.15) is 5.75 Å². The molecule has 0 heterocycles. The first-order valence-corrected chi connectivity index (χ1v) is 5.45. The van der Waals surface area contributed by atoms with E-state index in [9.17, 15) is 0 Å². The highest BCUT2D eigenvalue weighted by atomic mass is 79.9. The molecule has 0 aliphatic carbocycles. The van der Waals surface area contributed by atoms with E-state index >= 15 is 0 Å². The highest BCUT2D eigenvalue weighted by molar-refractivity contribution is 9.09. The van der Waals surface area contributed by atoms with Gasteiger partial charge in [0.2, 0.25) is 0 Å². The van der Waals surface area contributed by atoms with Crippen molar-refractivity contribution >= 4 is 15.9 Å². The molecule has 1 aromatic carbocycles. The van der Waals surface area contributed by atoms with Gasteiger partial charge in [-0.2, -0.15) is 0 Å². The van der Waals surface area contributed by atoms with Crippen LogP contribution in [0.15, 0.2) is 6.07 Å². The lowest BCUT2D eigenvalue weighted by atomic mass is 9.99. The Bertz CT molecular complexity index is 348. The summed E-state index contributed by atoms with van der Waals surface area (Å²) in [5.74, 6) is 0.895. The van der Waals surface area contributed by atoms with Crippen molar-refractivity contribution in [3.8, 4) is 5.75 Å². The molecule has 2 nitrogen and oxygen atoms in total. The van der Waals surface area contributed by atoms with E-state index < -0.39 is 0 Å². The molecular weight excluding hydrogens is 242 g/mol. The Kier molecular flexibility index (Phi) is 3.56. The van der Waals surface area contributed by atoms with Gasteiger partial charge in [0.25, 0.3) is 0 Å². The number of nitrogens with two attached hydrogens (primary N) is 1. The third kappa shape index (κ3) is 1.93. The van der Waals surface area contributed by atoms with E-state index in [4.69, 9.17) is 10.5 Å². The number of rotatable bonds is 2. The fraction of sp³-hybridized carbons (Fsp3) is 0.455. The Morgan fingerprint density at radius 2 is 1.86 bits per heavy atom. The van der Waals surface area contributed by atoms with Crippen LogP contribution in [0.4, 0.5) is 0 Å². The maximum Gasteiger partial charge on any atom is 0.127 e. The monoisotopic (exact) mass is 257 g/mol. The molecular formula is C11H16BrNO. The van der Waals surface area contributed by atoms with Gasteiger partial charge >= 0.3 is 0 Å². The minimum Gasteiger partial charge on any atom is -0.496 e. The lowest BCUT2D eigenvalue weighted by Gasteiger charge is -2.17. The van der Waals surface area contributed by atoms with Crippen LogP contribution < -0.4 is 10.5 Å². The molecule has 3 heteroatoms. The lowest BCUT2D eigenvalue weighted by molar-refractivity contribution is 0.405. The Morgan fingerprint density at radius 1 is 1.29 bits per heavy atom. The molecule has 0 aliphatic heterocycles. The summed E-state index contributed by atoms with van der Waals surface area (Å²) in [5.41, 5.74) is 10.4. The fourth-order valence-corrected chi connectivity index (χ4v) is 2.25. The summed E-state index contributed by atoms with van der Waals surface area (Å²) < 4.78 is 5.39. The van der Waals surface area contributed by atoms with E-state index in [0.29, 0.717) is 0 Å². The fourth-order valence-electron chi connectivity index (χ4n) is 1.68. The average molecular weight is 258 g/mol. The van der Waals surface area contributed by atoms with Crippen molar-refractivity contribution in [3.63, 3.8) is 0 Å². The average Bonchev–Trinajstić information content (AvgIpc) is 2.09. The molecule has 0 amide bonds. The molecule has 2 N–H and O–H groups in total. The van der Waals surface area contributed by atoms with E-state index in [0.717, 1.165) is 22.4 Å². The molecule has 0 saturated heterocycles. The number of hydrogen-bond donors (Lipinski definition) is 1. The predicted molar refractivity (Wildman–Crippen MR) is 63.1 cm³/mol. The minimum atomic E-state index is -0.170. The van der Waals surface area contributed by atoms with Crippen LogP contribution in [0, 0.1) is 20.8 Å². The van der Waals surface area contributed by atoms with Crippen LogP contribution in [0.25, 0.3) is 0 Å². The van der Waals surface area contributed by atoms with Crippen LogP contribution in [-0.4, -0.2) is 7.11 Å². The molecule has 0 aliphatic rings. The van der Waals surface area contributed by atoms with Gasteiger partial charge in [-0.15, -0.1) is 0 Å². The normalized spacial score (nSPS) is 12.7. The molecule has 0 bridgehead atoms. The zero-order valence-electron chi connectivity index (χ0n) is 9.02. The van der Waals surface area contributed by atoms with Crippen LogP contribution in [0.3, 0.4) is 0 Å². The van der Waals surface area contributed by atoms with Gasteiger partial charge in [0, 0.05) is 5.56 Å². The van der Waals surface area contributed by atoms with Gasteiger partial charge in [-0.05, 0) is 37.5 Å². The Hall–Kier alpha value is -0.540. The van der Waals surface area contributed by atoms with Crippen molar-refractivity contribution in [1.82, 2.24) is 0 Å². The number of hydrogen-bond acceptors (Lipinski definition) is 2. The van der Waals surface area contributed by atoms with Gasteiger partial charge in [-0.1, -0.05) is 22.0 Å². The van der Waals surface area contributed by atoms with Crippen molar-refractivity contribution in [2.45, 2.75) is 25.7 Å². The number of methoxy groups -OCH3 is 1. The van der Waals surface area contributed by atoms with Gasteiger partial charge in [0.15, 0.2) is 0 Å². The zero-order chi connectivity index (χ0) is 10.9. The number of alkyl halides is 1. The third-order valence-corrected chi connectivity index (χ3v) is 2.97. The van der Waals surface area contributed by atoms with Crippen molar-refractivity contribution in [2.24, 2.45) is 5.73 Å². The van der Waals surface area contributed by atoms with Crippen LogP contribution in [0.5, 0.6) is 5.75 Å². The molecule has 1 rings (SSSR count). The molecule has 1 aromatic rings. The summed E-state index contributed by atoms with van der Waals surface area (Å²) in [6.45, 7) is 6.17. The number of aryl methyl sites for hydroxylation is 2. The molecule has 1 unspecified atom stereocenters. The second kappa shape index (κ2) is 4.32. The number of benzene rings is 1. The SMILES string of the molecule is COc1c(C)c(C)cc(C)c1C(N)Br. The highest BCUT2D eigenvalue weighted by Gasteiger charge is 2.15. The first kappa shape index (κ1) is 11.5. The Morgan fingerprint density at radius 3 is 2.29 bits per heavy atom. The van der Waals surface area contributed by atoms with E-state index in [1.165, 1.54) is 5.56 Å². The highest BCUT2D eigenvalue weighted by Crippen LogP contribution is 2.35. The van der Waals surface area contributed by atoms with E-state index in [-0.39, 0.29) is 4.95 Å². The van der Waals surface area contributed by atoms with Crippen molar-refractivity contribution in [2.75, 3.05) is 7.11 Å².